The average Bonchev–Trinajstić information content (AvgIpc) is 3.56. The van der Waals surface area contributed by atoms with Crippen molar-refractivity contribution >= 4 is 0 Å². The Morgan fingerprint density at radius 1 is 0.717 bits per heavy atom. The van der Waals surface area contributed by atoms with E-state index in [1.54, 1.807) is 42.7 Å². The highest BCUT2D eigenvalue weighted by molar-refractivity contribution is 5.58. The Bertz CT molecular complexity index is 1430. The van der Waals surface area contributed by atoms with Crippen molar-refractivity contribution in [3.05, 3.63) is 59.8 Å². The normalized spacial score (nSPS) is 17.4. The van der Waals surface area contributed by atoms with Gasteiger partial charge in [0.1, 0.15) is 0 Å². The molecule has 2 aromatic carbocycles. The largest absolute Gasteiger partial charge is 0.493 e. The number of nitrogens with zero attached hydrogens (tertiary/aromatic N) is 5. The zero-order valence-electron chi connectivity index (χ0n) is 28.4. The fourth-order valence-corrected chi connectivity index (χ4v) is 6.45. The first kappa shape index (κ1) is 33.3. The summed E-state index contributed by atoms with van der Waals surface area (Å²) in [6.45, 7) is 7.02. The zero-order valence-corrected chi connectivity index (χ0v) is 28.4. The van der Waals surface area contributed by atoms with Crippen LogP contribution >= 0.6 is 0 Å². The maximum Gasteiger partial charge on any atom is 0.203 e. The molecule has 11 nitrogen and oxygen atoms in total. The lowest BCUT2D eigenvalue weighted by molar-refractivity contribution is 0.125. The third-order valence-electron chi connectivity index (χ3n) is 9.09. The van der Waals surface area contributed by atoms with E-state index in [4.69, 9.17) is 33.4 Å². The molecule has 1 aromatic heterocycles. The van der Waals surface area contributed by atoms with Crippen LogP contribution in [0.4, 0.5) is 0 Å². The Labute approximate surface area is 273 Å². The Morgan fingerprint density at radius 3 is 1.78 bits per heavy atom. The second-order valence-corrected chi connectivity index (χ2v) is 12.0. The fourth-order valence-electron chi connectivity index (χ4n) is 6.45. The van der Waals surface area contributed by atoms with Gasteiger partial charge in [-0.1, -0.05) is 6.08 Å². The molecule has 46 heavy (non-hydrogen) atoms. The lowest BCUT2D eigenvalue weighted by Crippen LogP contribution is -2.47. The molecule has 2 aliphatic rings. The third-order valence-corrected chi connectivity index (χ3v) is 9.09. The van der Waals surface area contributed by atoms with Crippen molar-refractivity contribution in [2.45, 2.75) is 25.8 Å². The second-order valence-electron chi connectivity index (χ2n) is 12.0. The van der Waals surface area contributed by atoms with Gasteiger partial charge in [-0.05, 0) is 42.9 Å². The Hall–Kier alpha value is -4.09. The van der Waals surface area contributed by atoms with E-state index in [1.165, 1.54) is 11.3 Å². The van der Waals surface area contributed by atoms with E-state index in [0.717, 1.165) is 76.5 Å². The number of aromatic nitrogens is 2. The van der Waals surface area contributed by atoms with E-state index >= 15 is 0 Å². The first-order chi connectivity index (χ1) is 22.4. The number of aryl methyl sites for hydroxylation is 1. The summed E-state index contributed by atoms with van der Waals surface area (Å²) in [6, 6.07) is 7.99. The Balaban J connectivity index is 1.09. The maximum atomic E-state index is 5.54. The van der Waals surface area contributed by atoms with Crippen LogP contribution in [0.5, 0.6) is 34.5 Å². The summed E-state index contributed by atoms with van der Waals surface area (Å²) in [5.41, 5.74) is 4.58. The number of imidazole rings is 1. The molecule has 3 heterocycles. The molecule has 0 amide bonds. The number of hydrogen-bond donors (Lipinski definition) is 0. The minimum absolute atomic E-state index is 0.578. The summed E-state index contributed by atoms with van der Waals surface area (Å²) < 4.78 is 35.1. The average molecular weight is 636 g/mol. The second kappa shape index (κ2) is 15.5. The predicted molar refractivity (Wildman–Crippen MR) is 178 cm³/mol. The summed E-state index contributed by atoms with van der Waals surface area (Å²) in [5, 5.41) is 0. The quantitative estimate of drug-likeness (QED) is 0.252. The molecule has 1 saturated heterocycles. The maximum absolute atomic E-state index is 5.54. The van der Waals surface area contributed by atoms with E-state index in [2.05, 4.69) is 46.2 Å². The fraction of sp³-hybridized carbons (Fsp3) is 0.514. The number of benzene rings is 2. The molecule has 3 aromatic rings. The lowest BCUT2D eigenvalue weighted by atomic mass is 9.92. The molecule has 1 fully saturated rings. The number of rotatable bonds is 14. The van der Waals surface area contributed by atoms with Crippen LogP contribution in [0.15, 0.2) is 48.6 Å². The molecule has 0 saturated carbocycles. The van der Waals surface area contributed by atoms with Crippen LogP contribution < -0.4 is 28.4 Å². The van der Waals surface area contributed by atoms with Crippen molar-refractivity contribution in [2.75, 3.05) is 89.0 Å². The van der Waals surface area contributed by atoms with Gasteiger partial charge in [-0.2, -0.15) is 0 Å². The topological polar surface area (TPSA) is 82.9 Å². The number of methoxy groups -OCH3 is 6. The van der Waals surface area contributed by atoms with Crippen LogP contribution in [0.2, 0.25) is 0 Å². The third kappa shape index (κ3) is 7.64. The van der Waals surface area contributed by atoms with Crippen LogP contribution in [0.3, 0.4) is 0 Å². The van der Waals surface area contributed by atoms with Gasteiger partial charge < -0.3 is 37.9 Å². The molecule has 0 spiro atoms. The molecule has 5 rings (SSSR count). The molecule has 0 aliphatic carbocycles. The number of allylic oxidation sites excluding steroid dienone is 1. The lowest BCUT2D eigenvalue weighted by Gasteiger charge is -2.38. The summed E-state index contributed by atoms with van der Waals surface area (Å²) in [6.07, 6.45) is 9.56. The summed E-state index contributed by atoms with van der Waals surface area (Å²) >= 11 is 0. The zero-order chi connectivity index (χ0) is 32.6. The van der Waals surface area contributed by atoms with E-state index < -0.39 is 0 Å². The number of ether oxygens (including phenoxy) is 6. The minimum atomic E-state index is 0.578. The van der Waals surface area contributed by atoms with Crippen molar-refractivity contribution in [3.8, 4) is 40.2 Å². The monoisotopic (exact) mass is 635 g/mol. The summed E-state index contributed by atoms with van der Waals surface area (Å²) in [5.74, 6) is 4.50. The summed E-state index contributed by atoms with van der Waals surface area (Å²) in [4.78, 5) is 12.2. The van der Waals surface area contributed by atoms with Gasteiger partial charge in [0.05, 0.1) is 60.4 Å². The van der Waals surface area contributed by atoms with Gasteiger partial charge in [-0.3, -0.25) is 9.80 Å². The van der Waals surface area contributed by atoms with E-state index in [0.29, 0.717) is 40.4 Å². The van der Waals surface area contributed by atoms with Crippen LogP contribution in [0.25, 0.3) is 5.69 Å². The molecule has 0 N–H and O–H groups in total. The van der Waals surface area contributed by atoms with Crippen LogP contribution in [-0.4, -0.2) is 113 Å². The van der Waals surface area contributed by atoms with Crippen molar-refractivity contribution in [1.29, 1.82) is 0 Å². The summed E-state index contributed by atoms with van der Waals surface area (Å²) in [7, 11) is 12.1. The van der Waals surface area contributed by atoms with Crippen LogP contribution in [-0.2, 0) is 13.0 Å². The minimum Gasteiger partial charge on any atom is -0.493 e. The predicted octanol–water partition coefficient (Wildman–Crippen LogP) is 4.51. The Morgan fingerprint density at radius 2 is 1.26 bits per heavy atom. The van der Waals surface area contributed by atoms with Crippen molar-refractivity contribution < 1.29 is 28.4 Å². The molecule has 1 unspecified atom stereocenters. The van der Waals surface area contributed by atoms with Gasteiger partial charge in [-0.25, -0.2) is 4.98 Å². The van der Waals surface area contributed by atoms with Gasteiger partial charge in [0.2, 0.25) is 11.5 Å². The van der Waals surface area contributed by atoms with Gasteiger partial charge in [0, 0.05) is 76.9 Å². The molecular weight excluding hydrogens is 586 g/mol. The number of likely N-dealkylation sites (N-methyl/N-ethyl adjacent to an activating group) is 1. The van der Waals surface area contributed by atoms with Gasteiger partial charge >= 0.3 is 0 Å². The number of piperazine rings is 1. The molecule has 250 valence electrons. The van der Waals surface area contributed by atoms with E-state index in [9.17, 15) is 0 Å². The smallest absolute Gasteiger partial charge is 0.203 e. The Kier molecular flexibility index (Phi) is 11.2. The molecule has 0 bridgehead atoms. The van der Waals surface area contributed by atoms with Crippen molar-refractivity contribution in [3.63, 3.8) is 0 Å². The van der Waals surface area contributed by atoms with E-state index in [1.807, 2.05) is 23.0 Å². The van der Waals surface area contributed by atoms with Crippen LogP contribution in [0.1, 0.15) is 24.1 Å². The van der Waals surface area contributed by atoms with Gasteiger partial charge in [0.15, 0.2) is 23.0 Å². The SMILES string of the molecule is COc1cc(CCC2CC=C(CN3CCN(Cc4cn(-c5cc(OC)c(OC)c(OC)c5)cn4)CC3)N(C)C2)cc(OC)c1OC. The molecule has 1 atom stereocenters. The van der Waals surface area contributed by atoms with Gasteiger partial charge in [0.25, 0.3) is 0 Å². The standard InChI is InChI=1S/C35H49N5O6/c1-37-20-25(8-9-26-16-30(41-2)34(45-6)31(17-26)42-3)10-11-28(37)23-39-14-12-38(13-15-39)21-27-22-40(24-36-27)29-18-32(43-4)35(46-7)33(19-29)44-5/h11,16-19,22,24-25H,8-10,12-15,20-21,23H2,1-7H3. The highest BCUT2D eigenvalue weighted by atomic mass is 16.5. The number of hydrogen-bond acceptors (Lipinski definition) is 10. The first-order valence-corrected chi connectivity index (χ1v) is 15.9. The molecular formula is C35H49N5O6. The van der Waals surface area contributed by atoms with Crippen molar-refractivity contribution in [2.24, 2.45) is 5.92 Å². The van der Waals surface area contributed by atoms with Crippen molar-refractivity contribution in [1.82, 2.24) is 24.3 Å². The molecule has 0 radical (unpaired) electrons. The molecule has 2 aliphatic heterocycles. The highest BCUT2D eigenvalue weighted by Gasteiger charge is 2.24. The molecule has 11 heteroatoms. The first-order valence-electron chi connectivity index (χ1n) is 15.9. The van der Waals surface area contributed by atoms with Gasteiger partial charge in [-0.15, -0.1) is 0 Å². The van der Waals surface area contributed by atoms with E-state index in [-0.39, 0.29) is 0 Å². The van der Waals surface area contributed by atoms with Crippen LogP contribution in [0, 0.1) is 5.92 Å². The highest BCUT2D eigenvalue weighted by Crippen LogP contribution is 2.40.